The van der Waals surface area contributed by atoms with Gasteiger partial charge in [-0.05, 0) is 37.6 Å². The van der Waals surface area contributed by atoms with Crippen LogP contribution in [0.25, 0.3) is 0 Å². The molecule has 108 valence electrons. The van der Waals surface area contributed by atoms with Gasteiger partial charge in [0.15, 0.2) is 0 Å². The second-order valence-electron chi connectivity index (χ2n) is 4.38. The molecule has 0 spiro atoms. The molecule has 0 bridgehead atoms. The lowest BCUT2D eigenvalue weighted by molar-refractivity contribution is 0.305. The third kappa shape index (κ3) is 5.75. The van der Waals surface area contributed by atoms with Gasteiger partial charge in [-0.1, -0.05) is 26.2 Å². The molecule has 0 N–H and O–H groups in total. The van der Waals surface area contributed by atoms with E-state index >= 15 is 0 Å². The highest BCUT2D eigenvalue weighted by atomic mass is 16.5. The molecule has 20 heavy (non-hydrogen) atoms. The minimum absolute atomic E-state index is 0.351. The van der Waals surface area contributed by atoms with E-state index in [2.05, 4.69) is 11.9 Å². The maximum absolute atomic E-state index is 8.62. The predicted molar refractivity (Wildman–Crippen MR) is 79.9 cm³/mol. The smallest absolute Gasteiger partial charge is 0.231 e. The third-order valence-electron chi connectivity index (χ3n) is 2.80. The van der Waals surface area contributed by atoms with Crippen LogP contribution in [0.15, 0.2) is 29.3 Å². The predicted octanol–water partition coefficient (Wildman–Crippen LogP) is 3.91. The number of ether oxygens (including phenoxy) is 2. The number of rotatable bonds is 8. The van der Waals surface area contributed by atoms with Crippen molar-refractivity contribution in [2.24, 2.45) is 4.99 Å². The Morgan fingerprint density at radius 3 is 2.50 bits per heavy atom. The van der Waals surface area contributed by atoms with E-state index in [9.17, 15) is 0 Å². The van der Waals surface area contributed by atoms with Gasteiger partial charge in [0.25, 0.3) is 0 Å². The summed E-state index contributed by atoms with van der Waals surface area (Å²) in [6.07, 6.45) is 6.52. The summed E-state index contributed by atoms with van der Waals surface area (Å²) in [6.45, 7) is 5.28. The summed E-state index contributed by atoms with van der Waals surface area (Å²) in [5.41, 5.74) is 0.784. The number of aliphatic imine (C=N–C) groups is 1. The van der Waals surface area contributed by atoms with E-state index in [1.54, 1.807) is 6.19 Å². The molecule has 0 fully saturated rings. The van der Waals surface area contributed by atoms with E-state index in [0.29, 0.717) is 12.5 Å². The van der Waals surface area contributed by atoms with Crippen molar-refractivity contribution in [3.05, 3.63) is 29.8 Å². The Morgan fingerprint density at radius 2 is 1.90 bits per heavy atom. The number of unbranched alkanes of at least 4 members (excludes halogenated alkanes) is 3. The molecular weight excluding hydrogens is 252 g/mol. The van der Waals surface area contributed by atoms with Crippen molar-refractivity contribution in [1.29, 1.82) is 5.26 Å². The van der Waals surface area contributed by atoms with Crippen LogP contribution >= 0.6 is 0 Å². The van der Waals surface area contributed by atoms with Gasteiger partial charge >= 0.3 is 0 Å². The second kappa shape index (κ2) is 9.85. The first-order chi connectivity index (χ1) is 9.81. The standard InChI is InChI=1S/C16H22N2O2/c1-3-5-6-7-12-20-15-10-8-14(9-11-15)16(18-13-17)19-4-2/h8-11H,3-7,12H2,1-2H3/b18-16-. The van der Waals surface area contributed by atoms with Crippen molar-refractivity contribution in [3.63, 3.8) is 0 Å². The highest BCUT2D eigenvalue weighted by Gasteiger charge is 2.04. The van der Waals surface area contributed by atoms with E-state index in [-0.39, 0.29) is 0 Å². The Morgan fingerprint density at radius 1 is 1.15 bits per heavy atom. The van der Waals surface area contributed by atoms with Crippen molar-refractivity contribution >= 4 is 5.90 Å². The minimum atomic E-state index is 0.351. The average Bonchev–Trinajstić information content (AvgIpc) is 2.47. The molecule has 0 atom stereocenters. The van der Waals surface area contributed by atoms with E-state index < -0.39 is 0 Å². The highest BCUT2D eigenvalue weighted by molar-refractivity contribution is 5.94. The normalized spacial score (nSPS) is 10.9. The molecule has 0 heterocycles. The Kier molecular flexibility index (Phi) is 7.90. The van der Waals surface area contributed by atoms with Gasteiger partial charge in [0.2, 0.25) is 12.1 Å². The van der Waals surface area contributed by atoms with Crippen LogP contribution in [0.3, 0.4) is 0 Å². The van der Waals surface area contributed by atoms with Crippen molar-refractivity contribution in [1.82, 2.24) is 0 Å². The molecule has 0 unspecified atom stereocenters. The fourth-order valence-electron chi connectivity index (χ4n) is 1.77. The van der Waals surface area contributed by atoms with Gasteiger partial charge in [0.05, 0.1) is 13.2 Å². The van der Waals surface area contributed by atoms with Gasteiger partial charge in [-0.3, -0.25) is 0 Å². The third-order valence-corrected chi connectivity index (χ3v) is 2.80. The first kappa shape index (κ1) is 16.0. The van der Waals surface area contributed by atoms with Crippen molar-refractivity contribution in [3.8, 4) is 11.9 Å². The lowest BCUT2D eigenvalue weighted by atomic mass is 10.2. The molecule has 0 aromatic heterocycles. The van der Waals surface area contributed by atoms with Gasteiger partial charge in [-0.15, -0.1) is 4.99 Å². The number of nitriles is 1. The summed E-state index contributed by atoms with van der Waals surface area (Å²) in [5, 5.41) is 8.62. The van der Waals surface area contributed by atoms with Crippen molar-refractivity contribution in [2.75, 3.05) is 13.2 Å². The summed E-state index contributed by atoms with van der Waals surface area (Å²) >= 11 is 0. The number of nitrogens with zero attached hydrogens (tertiary/aromatic N) is 2. The first-order valence-corrected chi connectivity index (χ1v) is 7.14. The number of benzene rings is 1. The Hall–Kier alpha value is -2.02. The molecule has 0 aliphatic rings. The summed E-state index contributed by atoms with van der Waals surface area (Å²) in [6, 6.07) is 7.46. The lowest BCUT2D eigenvalue weighted by Gasteiger charge is -2.08. The molecule has 0 amide bonds. The average molecular weight is 274 g/mol. The van der Waals surface area contributed by atoms with Gasteiger partial charge in [0.1, 0.15) is 5.75 Å². The molecule has 0 aliphatic carbocycles. The van der Waals surface area contributed by atoms with Gasteiger partial charge in [0, 0.05) is 5.56 Å². The summed E-state index contributed by atoms with van der Waals surface area (Å²) in [4.78, 5) is 3.67. The second-order valence-corrected chi connectivity index (χ2v) is 4.38. The van der Waals surface area contributed by atoms with Crippen LogP contribution in [-0.2, 0) is 4.74 Å². The summed E-state index contributed by atoms with van der Waals surface area (Å²) < 4.78 is 11.0. The zero-order chi connectivity index (χ0) is 14.6. The van der Waals surface area contributed by atoms with Crippen molar-refractivity contribution < 1.29 is 9.47 Å². The molecule has 0 saturated carbocycles. The number of hydrogen-bond acceptors (Lipinski definition) is 4. The molecule has 1 rings (SSSR count). The first-order valence-electron chi connectivity index (χ1n) is 7.14. The maximum atomic E-state index is 8.62. The zero-order valence-corrected chi connectivity index (χ0v) is 12.3. The Labute approximate surface area is 121 Å². The van der Waals surface area contributed by atoms with E-state index in [1.807, 2.05) is 31.2 Å². The largest absolute Gasteiger partial charge is 0.494 e. The Bertz CT molecular complexity index is 447. The van der Waals surface area contributed by atoms with Crippen LogP contribution in [0.4, 0.5) is 0 Å². The van der Waals surface area contributed by atoms with Crippen LogP contribution in [0.5, 0.6) is 5.75 Å². The van der Waals surface area contributed by atoms with Crippen LogP contribution in [0.2, 0.25) is 0 Å². The fraction of sp³-hybridized carbons (Fsp3) is 0.500. The highest BCUT2D eigenvalue weighted by Crippen LogP contribution is 2.14. The molecule has 1 aromatic carbocycles. The molecule has 4 nitrogen and oxygen atoms in total. The number of hydrogen-bond donors (Lipinski definition) is 0. The molecule has 4 heteroatoms. The van der Waals surface area contributed by atoms with Gasteiger partial charge < -0.3 is 9.47 Å². The molecule has 1 aromatic rings. The van der Waals surface area contributed by atoms with Crippen LogP contribution < -0.4 is 4.74 Å². The summed E-state index contributed by atoms with van der Waals surface area (Å²) in [7, 11) is 0. The lowest BCUT2D eigenvalue weighted by Crippen LogP contribution is -2.06. The quantitative estimate of drug-likeness (QED) is 0.312. The zero-order valence-electron chi connectivity index (χ0n) is 12.3. The maximum Gasteiger partial charge on any atom is 0.231 e. The minimum Gasteiger partial charge on any atom is -0.494 e. The van der Waals surface area contributed by atoms with Gasteiger partial charge in [-0.25, -0.2) is 0 Å². The van der Waals surface area contributed by atoms with Crippen molar-refractivity contribution in [2.45, 2.75) is 39.5 Å². The monoisotopic (exact) mass is 274 g/mol. The van der Waals surface area contributed by atoms with Crippen LogP contribution in [0, 0.1) is 11.5 Å². The van der Waals surface area contributed by atoms with E-state index in [0.717, 1.165) is 24.3 Å². The van der Waals surface area contributed by atoms with Gasteiger partial charge in [-0.2, -0.15) is 5.26 Å². The van der Waals surface area contributed by atoms with Crippen LogP contribution in [-0.4, -0.2) is 19.1 Å². The molecular formula is C16H22N2O2. The SMILES string of the molecule is CCCCCCOc1ccc(/C(=N/C#N)OCC)cc1. The summed E-state index contributed by atoms with van der Waals surface area (Å²) in [5.74, 6) is 1.18. The van der Waals surface area contributed by atoms with Crippen LogP contribution in [0.1, 0.15) is 45.1 Å². The van der Waals surface area contributed by atoms with E-state index in [1.165, 1.54) is 19.3 Å². The Balaban J connectivity index is 2.51. The molecule has 0 radical (unpaired) electrons. The molecule has 0 aliphatic heterocycles. The topological polar surface area (TPSA) is 54.6 Å². The molecule has 0 saturated heterocycles. The van der Waals surface area contributed by atoms with E-state index in [4.69, 9.17) is 14.7 Å². The fourth-order valence-corrected chi connectivity index (χ4v) is 1.77.